The van der Waals surface area contributed by atoms with Crippen LogP contribution in [0.25, 0.3) is 15.9 Å². The Labute approximate surface area is 193 Å². The number of thioether (sulfide) groups is 2. The van der Waals surface area contributed by atoms with Gasteiger partial charge in [-0.05, 0) is 37.6 Å². The predicted molar refractivity (Wildman–Crippen MR) is 129 cm³/mol. The van der Waals surface area contributed by atoms with Crippen molar-refractivity contribution in [2.75, 3.05) is 5.75 Å². The van der Waals surface area contributed by atoms with Gasteiger partial charge in [0.05, 0.1) is 21.7 Å². The molecule has 0 bridgehead atoms. The van der Waals surface area contributed by atoms with E-state index in [1.807, 2.05) is 60.0 Å². The highest BCUT2D eigenvalue weighted by molar-refractivity contribution is 8.00. The Morgan fingerprint density at radius 2 is 1.87 bits per heavy atom. The number of hydrogen-bond acceptors (Lipinski definition) is 7. The summed E-state index contributed by atoms with van der Waals surface area (Å²) in [5.41, 5.74) is 2.00. The Bertz CT molecular complexity index is 1130. The van der Waals surface area contributed by atoms with E-state index in [0.717, 1.165) is 27.8 Å². The van der Waals surface area contributed by atoms with Gasteiger partial charge in [-0.15, -0.1) is 21.5 Å². The van der Waals surface area contributed by atoms with E-state index in [0.29, 0.717) is 16.7 Å². The quantitative estimate of drug-likeness (QED) is 0.341. The minimum absolute atomic E-state index is 0.00682. The van der Waals surface area contributed by atoms with Crippen molar-refractivity contribution in [1.29, 1.82) is 0 Å². The molecule has 0 aliphatic rings. The van der Waals surface area contributed by atoms with Crippen LogP contribution in [0, 0.1) is 0 Å². The lowest BCUT2D eigenvalue weighted by Crippen LogP contribution is -2.33. The third-order valence-electron chi connectivity index (χ3n) is 4.67. The number of carbonyl (C=O) groups excluding carboxylic acids is 1. The highest BCUT2D eigenvalue weighted by atomic mass is 32.2. The summed E-state index contributed by atoms with van der Waals surface area (Å²) in [5.74, 6) is 1.79. The van der Waals surface area contributed by atoms with Gasteiger partial charge in [-0.3, -0.25) is 9.36 Å². The zero-order valence-electron chi connectivity index (χ0n) is 17.3. The topological polar surface area (TPSA) is 72.7 Å². The fourth-order valence-electron chi connectivity index (χ4n) is 2.91. The van der Waals surface area contributed by atoms with Crippen LogP contribution in [0.5, 0.6) is 0 Å². The van der Waals surface area contributed by atoms with E-state index in [9.17, 15) is 4.79 Å². The average molecular weight is 470 g/mol. The molecular formula is C22H23N5OS3. The Hall–Kier alpha value is -2.36. The normalized spacial score (nSPS) is 12.2. The number of nitrogens with one attached hydrogen (secondary N) is 1. The van der Waals surface area contributed by atoms with Crippen molar-refractivity contribution in [2.45, 2.75) is 41.6 Å². The average Bonchev–Trinajstić information content (AvgIpc) is 3.40. The van der Waals surface area contributed by atoms with Gasteiger partial charge in [0.15, 0.2) is 9.50 Å². The van der Waals surface area contributed by atoms with Gasteiger partial charge in [0.25, 0.3) is 0 Å². The molecule has 0 aliphatic heterocycles. The summed E-state index contributed by atoms with van der Waals surface area (Å²) in [6, 6.07) is 18.3. The van der Waals surface area contributed by atoms with Crippen molar-refractivity contribution < 1.29 is 4.79 Å². The fourth-order valence-corrected chi connectivity index (χ4v) is 5.67. The SMILES string of the molecule is CCC(C)NC(=O)CSc1nnc(CSc2nc3ccccc3s2)n1-c1ccccc1. The number of amides is 1. The van der Waals surface area contributed by atoms with Crippen molar-refractivity contribution in [3.63, 3.8) is 0 Å². The Kier molecular flexibility index (Phi) is 7.26. The lowest BCUT2D eigenvalue weighted by Gasteiger charge is -2.12. The van der Waals surface area contributed by atoms with Gasteiger partial charge in [0.1, 0.15) is 5.82 Å². The van der Waals surface area contributed by atoms with Crippen LogP contribution >= 0.6 is 34.9 Å². The summed E-state index contributed by atoms with van der Waals surface area (Å²) in [5, 5.41) is 12.5. The summed E-state index contributed by atoms with van der Waals surface area (Å²) in [4.78, 5) is 16.9. The largest absolute Gasteiger partial charge is 0.353 e. The van der Waals surface area contributed by atoms with Crippen LogP contribution in [-0.4, -0.2) is 37.5 Å². The molecule has 6 nitrogen and oxygen atoms in total. The van der Waals surface area contributed by atoms with Gasteiger partial charge in [0.2, 0.25) is 5.91 Å². The van der Waals surface area contributed by atoms with Gasteiger partial charge in [-0.25, -0.2) is 4.98 Å². The number of hydrogen-bond donors (Lipinski definition) is 1. The minimum Gasteiger partial charge on any atom is -0.353 e. The van der Waals surface area contributed by atoms with Crippen molar-refractivity contribution in [3.8, 4) is 5.69 Å². The summed E-state index contributed by atoms with van der Waals surface area (Å²) in [7, 11) is 0. The molecule has 0 spiro atoms. The predicted octanol–water partition coefficient (Wildman–Crippen LogP) is 5.18. The van der Waals surface area contributed by atoms with Crippen molar-refractivity contribution in [2.24, 2.45) is 0 Å². The maximum Gasteiger partial charge on any atom is 0.230 e. The number of para-hydroxylation sites is 2. The molecule has 2 aromatic heterocycles. The standard InChI is InChI=1S/C22H23N5OS3/c1-3-15(2)23-20(28)14-29-21-26-25-19(27(21)16-9-5-4-6-10-16)13-30-22-24-17-11-7-8-12-18(17)31-22/h4-12,15H,3,13-14H2,1-2H3,(H,23,28). The number of thiazole rings is 1. The lowest BCUT2D eigenvalue weighted by molar-refractivity contribution is -0.119. The Morgan fingerprint density at radius 1 is 1.10 bits per heavy atom. The maximum atomic E-state index is 12.2. The zero-order valence-corrected chi connectivity index (χ0v) is 19.8. The molecule has 1 atom stereocenters. The van der Waals surface area contributed by atoms with Crippen LogP contribution in [0.4, 0.5) is 0 Å². The summed E-state index contributed by atoms with van der Waals surface area (Å²) < 4.78 is 4.21. The molecule has 0 fully saturated rings. The van der Waals surface area contributed by atoms with Crippen molar-refractivity contribution >= 4 is 51.0 Å². The number of nitrogens with zero attached hydrogens (tertiary/aromatic N) is 4. The molecule has 0 radical (unpaired) electrons. The van der Waals surface area contributed by atoms with Crippen LogP contribution in [0.2, 0.25) is 0 Å². The number of aromatic nitrogens is 4. The van der Waals surface area contributed by atoms with E-state index >= 15 is 0 Å². The van der Waals surface area contributed by atoms with E-state index in [1.54, 1.807) is 23.1 Å². The molecule has 1 amide bonds. The van der Waals surface area contributed by atoms with Gasteiger partial charge in [0, 0.05) is 11.7 Å². The number of rotatable bonds is 9. The number of fused-ring (bicyclic) bond motifs is 1. The van der Waals surface area contributed by atoms with E-state index in [2.05, 4.69) is 28.5 Å². The Balaban J connectivity index is 1.52. The second-order valence-corrected chi connectivity index (χ2v) is 10.2. The molecule has 1 N–H and O–H groups in total. The van der Waals surface area contributed by atoms with E-state index in [1.165, 1.54) is 16.5 Å². The Morgan fingerprint density at radius 3 is 2.65 bits per heavy atom. The molecule has 9 heteroatoms. The van der Waals surface area contributed by atoms with Crippen LogP contribution in [0.15, 0.2) is 64.1 Å². The molecule has 4 aromatic rings. The van der Waals surface area contributed by atoms with Gasteiger partial charge in [-0.2, -0.15) is 0 Å². The smallest absolute Gasteiger partial charge is 0.230 e. The first-order valence-electron chi connectivity index (χ1n) is 10.0. The molecule has 160 valence electrons. The summed E-state index contributed by atoms with van der Waals surface area (Å²) in [6.07, 6.45) is 0.906. The monoisotopic (exact) mass is 469 g/mol. The van der Waals surface area contributed by atoms with Gasteiger partial charge in [-0.1, -0.05) is 60.8 Å². The number of benzene rings is 2. The molecule has 2 aromatic carbocycles. The fraction of sp³-hybridized carbons (Fsp3) is 0.273. The second kappa shape index (κ2) is 10.3. The molecule has 0 saturated carbocycles. The van der Waals surface area contributed by atoms with E-state index in [4.69, 9.17) is 4.98 Å². The second-order valence-electron chi connectivity index (χ2n) is 6.97. The van der Waals surface area contributed by atoms with Gasteiger partial charge >= 0.3 is 0 Å². The molecule has 0 aliphatic carbocycles. The van der Waals surface area contributed by atoms with Crippen molar-refractivity contribution in [1.82, 2.24) is 25.1 Å². The highest BCUT2D eigenvalue weighted by Gasteiger charge is 2.17. The summed E-state index contributed by atoms with van der Waals surface area (Å²) >= 11 is 4.74. The van der Waals surface area contributed by atoms with Crippen molar-refractivity contribution in [3.05, 3.63) is 60.4 Å². The molecule has 0 saturated heterocycles. The molecule has 2 heterocycles. The highest BCUT2D eigenvalue weighted by Crippen LogP contribution is 2.32. The van der Waals surface area contributed by atoms with Crippen LogP contribution in [0.1, 0.15) is 26.1 Å². The van der Waals surface area contributed by atoms with E-state index in [-0.39, 0.29) is 11.9 Å². The third-order valence-corrected chi connectivity index (χ3v) is 7.77. The first-order chi connectivity index (χ1) is 15.1. The molecule has 1 unspecified atom stereocenters. The first-order valence-corrected chi connectivity index (χ1v) is 12.8. The number of carbonyl (C=O) groups is 1. The van der Waals surface area contributed by atoms with Crippen LogP contribution in [-0.2, 0) is 10.5 Å². The zero-order chi connectivity index (χ0) is 21.6. The van der Waals surface area contributed by atoms with Crippen LogP contribution < -0.4 is 5.32 Å². The third kappa shape index (κ3) is 5.47. The maximum absolute atomic E-state index is 12.2. The molecule has 4 rings (SSSR count). The van der Waals surface area contributed by atoms with E-state index < -0.39 is 0 Å². The summed E-state index contributed by atoms with van der Waals surface area (Å²) in [6.45, 7) is 4.06. The van der Waals surface area contributed by atoms with Crippen LogP contribution in [0.3, 0.4) is 0 Å². The van der Waals surface area contributed by atoms with Gasteiger partial charge < -0.3 is 5.32 Å². The molecular weight excluding hydrogens is 446 g/mol. The lowest BCUT2D eigenvalue weighted by atomic mass is 10.3. The molecule has 31 heavy (non-hydrogen) atoms. The minimum atomic E-state index is 0.00682. The first kappa shape index (κ1) is 21.9.